The van der Waals surface area contributed by atoms with Crippen LogP contribution in [0.15, 0.2) is 23.1 Å². The maximum Gasteiger partial charge on any atom is 0.0489 e. The van der Waals surface area contributed by atoms with Gasteiger partial charge in [-0.05, 0) is 30.0 Å². The Morgan fingerprint density at radius 1 is 1.58 bits per heavy atom. The molecule has 66 valence electrons. The molecule has 0 bridgehead atoms. The van der Waals surface area contributed by atoms with E-state index in [-0.39, 0.29) is 0 Å². The van der Waals surface area contributed by atoms with E-state index in [1.54, 1.807) is 11.8 Å². The molecule has 1 rings (SSSR count). The van der Waals surface area contributed by atoms with E-state index in [2.05, 4.69) is 5.43 Å². The summed E-state index contributed by atoms with van der Waals surface area (Å²) >= 11 is 7.44. The first-order valence-electron chi connectivity index (χ1n) is 3.51. The van der Waals surface area contributed by atoms with Crippen LogP contribution in [0.1, 0.15) is 5.56 Å². The van der Waals surface area contributed by atoms with Crippen molar-refractivity contribution in [2.45, 2.75) is 10.8 Å². The zero-order valence-electron chi connectivity index (χ0n) is 6.80. The van der Waals surface area contributed by atoms with E-state index < -0.39 is 0 Å². The summed E-state index contributed by atoms with van der Waals surface area (Å²) in [6.45, 7) is 0. The summed E-state index contributed by atoms with van der Waals surface area (Å²) < 4.78 is 0. The molecule has 0 saturated carbocycles. The number of anilines is 1. The van der Waals surface area contributed by atoms with E-state index in [1.165, 1.54) is 4.90 Å². The number of nitrogen functional groups attached to an aromatic ring is 1. The second kappa shape index (κ2) is 4.60. The van der Waals surface area contributed by atoms with Gasteiger partial charge in [0.05, 0.1) is 0 Å². The molecule has 0 amide bonds. The van der Waals surface area contributed by atoms with Gasteiger partial charge in [0, 0.05) is 16.5 Å². The summed E-state index contributed by atoms with van der Waals surface area (Å²) in [6, 6.07) is 5.90. The molecule has 0 aliphatic heterocycles. The van der Waals surface area contributed by atoms with Crippen molar-refractivity contribution >= 4 is 29.1 Å². The molecule has 0 radical (unpaired) electrons. The summed E-state index contributed by atoms with van der Waals surface area (Å²) in [5.74, 6) is 5.78. The molecule has 0 saturated heterocycles. The number of thioether (sulfide) groups is 1. The van der Waals surface area contributed by atoms with Gasteiger partial charge in [-0.1, -0.05) is 0 Å². The molecule has 0 heterocycles. The van der Waals surface area contributed by atoms with Crippen LogP contribution < -0.4 is 11.3 Å². The Kier molecular flexibility index (Phi) is 3.72. The highest BCUT2D eigenvalue weighted by Gasteiger charge is 2.00. The second-order valence-electron chi connectivity index (χ2n) is 2.30. The molecule has 0 unspecified atom stereocenters. The van der Waals surface area contributed by atoms with Crippen LogP contribution >= 0.6 is 23.4 Å². The van der Waals surface area contributed by atoms with Crippen LogP contribution in [0.3, 0.4) is 0 Å². The standard InChI is InChI=1S/C8H11ClN2S/c1-12-8-3-2-7(11-10)4-6(8)5-9/h2-4,11H,5,10H2,1H3. The summed E-state index contributed by atoms with van der Waals surface area (Å²) in [5.41, 5.74) is 4.59. The minimum atomic E-state index is 0.520. The van der Waals surface area contributed by atoms with Crippen molar-refractivity contribution in [1.29, 1.82) is 0 Å². The number of nitrogens with two attached hydrogens (primary N) is 1. The quantitative estimate of drug-likeness (QED) is 0.342. The smallest absolute Gasteiger partial charge is 0.0489 e. The van der Waals surface area contributed by atoms with Crippen LogP contribution in [-0.2, 0) is 5.88 Å². The molecule has 1 aromatic carbocycles. The van der Waals surface area contributed by atoms with Crippen LogP contribution in [0.25, 0.3) is 0 Å². The van der Waals surface area contributed by atoms with Crippen molar-refractivity contribution < 1.29 is 0 Å². The average Bonchev–Trinajstić information content (AvgIpc) is 2.16. The van der Waals surface area contributed by atoms with Crippen LogP contribution in [0.2, 0.25) is 0 Å². The zero-order valence-corrected chi connectivity index (χ0v) is 8.38. The molecule has 0 atom stereocenters. The highest BCUT2D eigenvalue weighted by Crippen LogP contribution is 2.24. The van der Waals surface area contributed by atoms with Crippen LogP contribution in [-0.4, -0.2) is 6.26 Å². The first kappa shape index (κ1) is 9.71. The Morgan fingerprint density at radius 3 is 2.83 bits per heavy atom. The fourth-order valence-corrected chi connectivity index (χ4v) is 1.87. The van der Waals surface area contributed by atoms with Gasteiger partial charge in [0.25, 0.3) is 0 Å². The lowest BCUT2D eigenvalue weighted by Crippen LogP contribution is -2.06. The lowest BCUT2D eigenvalue weighted by atomic mass is 10.2. The maximum atomic E-state index is 5.76. The topological polar surface area (TPSA) is 38.0 Å². The highest BCUT2D eigenvalue weighted by molar-refractivity contribution is 7.98. The van der Waals surface area contributed by atoms with Crippen molar-refractivity contribution in [2.75, 3.05) is 11.7 Å². The van der Waals surface area contributed by atoms with Crippen LogP contribution in [0.5, 0.6) is 0 Å². The van der Waals surface area contributed by atoms with Gasteiger partial charge in [-0.2, -0.15) is 0 Å². The Labute approximate surface area is 81.4 Å². The molecule has 2 nitrogen and oxygen atoms in total. The Hall–Kier alpha value is -0.380. The van der Waals surface area contributed by atoms with Gasteiger partial charge in [-0.15, -0.1) is 23.4 Å². The third-order valence-corrected chi connectivity index (χ3v) is 2.72. The predicted molar refractivity (Wildman–Crippen MR) is 55.6 cm³/mol. The fourth-order valence-electron chi connectivity index (χ4n) is 0.973. The predicted octanol–water partition coefficient (Wildman–Crippen LogP) is 2.43. The van der Waals surface area contributed by atoms with E-state index >= 15 is 0 Å². The summed E-state index contributed by atoms with van der Waals surface area (Å²) in [4.78, 5) is 1.20. The van der Waals surface area contributed by atoms with Gasteiger partial charge >= 0.3 is 0 Å². The van der Waals surface area contributed by atoms with Gasteiger partial charge in [-0.25, -0.2) is 0 Å². The largest absolute Gasteiger partial charge is 0.324 e. The third kappa shape index (κ3) is 2.06. The van der Waals surface area contributed by atoms with E-state index in [4.69, 9.17) is 17.4 Å². The summed E-state index contributed by atoms with van der Waals surface area (Å²) in [6.07, 6.45) is 2.03. The van der Waals surface area contributed by atoms with Gasteiger partial charge in [0.15, 0.2) is 0 Å². The second-order valence-corrected chi connectivity index (χ2v) is 3.42. The minimum Gasteiger partial charge on any atom is -0.324 e. The van der Waals surface area contributed by atoms with E-state index in [0.29, 0.717) is 5.88 Å². The Balaban J connectivity index is 3.02. The fraction of sp³-hybridized carbons (Fsp3) is 0.250. The van der Waals surface area contributed by atoms with E-state index in [0.717, 1.165) is 11.3 Å². The molecule has 0 aromatic heterocycles. The molecule has 0 spiro atoms. The SMILES string of the molecule is CSc1ccc(NN)cc1CCl. The normalized spacial score (nSPS) is 9.92. The minimum absolute atomic E-state index is 0.520. The Morgan fingerprint density at radius 2 is 2.33 bits per heavy atom. The van der Waals surface area contributed by atoms with Gasteiger partial charge in [0.2, 0.25) is 0 Å². The van der Waals surface area contributed by atoms with E-state index in [1.807, 2.05) is 24.5 Å². The van der Waals surface area contributed by atoms with Gasteiger partial charge < -0.3 is 5.43 Å². The number of benzene rings is 1. The third-order valence-electron chi connectivity index (χ3n) is 1.59. The lowest BCUT2D eigenvalue weighted by molar-refractivity contribution is 1.24. The monoisotopic (exact) mass is 202 g/mol. The number of halogens is 1. The van der Waals surface area contributed by atoms with Crippen molar-refractivity contribution in [2.24, 2.45) is 5.84 Å². The lowest BCUT2D eigenvalue weighted by Gasteiger charge is -2.06. The molecule has 3 N–H and O–H groups in total. The number of hydrogen-bond donors (Lipinski definition) is 2. The number of hydrogen-bond acceptors (Lipinski definition) is 3. The molecular formula is C8H11ClN2S. The summed E-state index contributed by atoms with van der Waals surface area (Å²) in [7, 11) is 0. The maximum absolute atomic E-state index is 5.76. The Bertz CT molecular complexity index is 265. The number of hydrazine groups is 1. The number of alkyl halides is 1. The molecule has 12 heavy (non-hydrogen) atoms. The van der Waals surface area contributed by atoms with Crippen LogP contribution in [0.4, 0.5) is 5.69 Å². The van der Waals surface area contributed by atoms with Crippen molar-refractivity contribution in [1.82, 2.24) is 0 Å². The van der Waals surface area contributed by atoms with Gasteiger partial charge in [-0.3, -0.25) is 5.84 Å². The average molecular weight is 203 g/mol. The first-order valence-corrected chi connectivity index (χ1v) is 5.27. The first-order chi connectivity index (χ1) is 5.81. The van der Waals surface area contributed by atoms with Crippen molar-refractivity contribution in [3.05, 3.63) is 23.8 Å². The molecule has 0 aliphatic carbocycles. The molecular weight excluding hydrogens is 192 g/mol. The van der Waals surface area contributed by atoms with Crippen molar-refractivity contribution in [3.63, 3.8) is 0 Å². The number of rotatable bonds is 3. The zero-order chi connectivity index (χ0) is 8.97. The van der Waals surface area contributed by atoms with Gasteiger partial charge in [0.1, 0.15) is 0 Å². The van der Waals surface area contributed by atoms with Crippen molar-refractivity contribution in [3.8, 4) is 0 Å². The van der Waals surface area contributed by atoms with Crippen LogP contribution in [0, 0.1) is 0 Å². The number of nitrogens with one attached hydrogen (secondary N) is 1. The molecule has 0 fully saturated rings. The molecule has 0 aliphatic rings. The highest BCUT2D eigenvalue weighted by atomic mass is 35.5. The summed E-state index contributed by atoms with van der Waals surface area (Å²) in [5, 5.41) is 0. The van der Waals surface area contributed by atoms with E-state index in [9.17, 15) is 0 Å². The molecule has 4 heteroatoms. The molecule has 1 aromatic rings.